The molecule has 0 aliphatic carbocycles. The molecule has 0 unspecified atom stereocenters. The average Bonchev–Trinajstić information content (AvgIpc) is 3.32. The lowest BCUT2D eigenvalue weighted by Crippen LogP contribution is -2.28. The quantitative estimate of drug-likeness (QED) is 0.728. The molecular weight excluding hydrogens is 386 g/mol. The van der Waals surface area contributed by atoms with Crippen LogP contribution in [-0.4, -0.2) is 35.8 Å². The first kappa shape index (κ1) is 17.9. The predicted octanol–water partition coefficient (Wildman–Crippen LogP) is 2.93. The van der Waals surface area contributed by atoms with Crippen LogP contribution in [0, 0.1) is 0 Å². The van der Waals surface area contributed by atoms with Crippen LogP contribution in [0.5, 0.6) is 0 Å². The molecular formula is C18H17N3O4S2. The van der Waals surface area contributed by atoms with Gasteiger partial charge in [-0.1, -0.05) is 12.1 Å². The van der Waals surface area contributed by atoms with Gasteiger partial charge in [0.2, 0.25) is 10.0 Å². The zero-order valence-corrected chi connectivity index (χ0v) is 15.9. The molecule has 1 fully saturated rings. The number of hydrogen-bond acceptors (Lipinski definition) is 5. The van der Waals surface area contributed by atoms with Crippen LogP contribution in [0.15, 0.2) is 58.2 Å². The van der Waals surface area contributed by atoms with Crippen molar-refractivity contribution in [3.63, 3.8) is 0 Å². The van der Waals surface area contributed by atoms with E-state index in [1.54, 1.807) is 24.3 Å². The molecule has 1 amide bonds. The Balaban J connectivity index is 1.55. The van der Waals surface area contributed by atoms with Gasteiger partial charge in [-0.3, -0.25) is 4.79 Å². The molecule has 27 heavy (non-hydrogen) atoms. The topological polar surface area (TPSA) is 88.5 Å². The lowest BCUT2D eigenvalue weighted by molar-refractivity contribution is 0.255. The van der Waals surface area contributed by atoms with Crippen LogP contribution < -0.4 is 10.9 Å². The molecule has 0 bridgehead atoms. The van der Waals surface area contributed by atoms with Crippen LogP contribution in [-0.2, 0) is 10.0 Å². The van der Waals surface area contributed by atoms with E-state index in [0.29, 0.717) is 24.2 Å². The van der Waals surface area contributed by atoms with Crippen LogP contribution in [0.3, 0.4) is 0 Å². The molecule has 3 aromatic rings. The van der Waals surface area contributed by atoms with Crippen LogP contribution >= 0.6 is 11.5 Å². The van der Waals surface area contributed by atoms with Crippen LogP contribution in [0.4, 0.5) is 10.5 Å². The van der Waals surface area contributed by atoms with Gasteiger partial charge in [-0.25, -0.2) is 13.2 Å². The van der Waals surface area contributed by atoms with Gasteiger partial charge in [0.15, 0.2) is 0 Å². The number of aromatic nitrogens is 1. The van der Waals surface area contributed by atoms with E-state index >= 15 is 0 Å². The molecule has 2 heterocycles. The summed E-state index contributed by atoms with van der Waals surface area (Å²) in [5, 5.41) is 3.12. The third-order valence-electron chi connectivity index (χ3n) is 4.48. The summed E-state index contributed by atoms with van der Waals surface area (Å²) < 4.78 is 28.3. The minimum Gasteiger partial charge on any atom is -0.306 e. The molecule has 4 rings (SSSR count). The number of sulfonamides is 1. The number of nitrogens with one attached hydrogen (secondary N) is 1. The maximum absolute atomic E-state index is 12.5. The highest BCUT2D eigenvalue weighted by Gasteiger charge is 2.27. The normalized spacial score (nSPS) is 15.3. The molecule has 2 aromatic carbocycles. The van der Waals surface area contributed by atoms with Crippen molar-refractivity contribution in [3.8, 4) is 0 Å². The SMILES string of the molecule is O=C(Nc1ccc(S(=O)(=O)N2CCCC2)cc1)n1sc2ccccc2c1=O. The Morgan fingerprint density at radius 2 is 1.67 bits per heavy atom. The van der Waals surface area contributed by atoms with Gasteiger partial charge in [0, 0.05) is 18.8 Å². The molecule has 1 N–H and O–H groups in total. The summed E-state index contributed by atoms with van der Waals surface area (Å²) in [5.74, 6) is 0. The Bertz CT molecular complexity index is 1160. The van der Waals surface area contributed by atoms with Crippen molar-refractivity contribution in [1.82, 2.24) is 8.26 Å². The third-order valence-corrected chi connectivity index (χ3v) is 7.46. The molecule has 0 spiro atoms. The maximum Gasteiger partial charge on any atom is 0.342 e. The number of nitrogens with zero attached hydrogens (tertiary/aromatic N) is 2. The number of fused-ring (bicyclic) bond motifs is 1. The summed E-state index contributed by atoms with van der Waals surface area (Å²) in [6, 6.07) is 12.4. The van der Waals surface area contributed by atoms with Gasteiger partial charge in [-0.05, 0) is 60.8 Å². The van der Waals surface area contributed by atoms with Crippen molar-refractivity contribution in [2.45, 2.75) is 17.7 Å². The number of amides is 1. The highest BCUT2D eigenvalue weighted by Crippen LogP contribution is 2.22. The largest absolute Gasteiger partial charge is 0.342 e. The summed E-state index contributed by atoms with van der Waals surface area (Å²) in [5.41, 5.74) is 0.0473. The van der Waals surface area contributed by atoms with E-state index in [1.807, 2.05) is 0 Å². The summed E-state index contributed by atoms with van der Waals surface area (Å²) in [6.07, 6.45) is 1.74. The van der Waals surface area contributed by atoms with Gasteiger partial charge in [0.1, 0.15) is 0 Å². The van der Waals surface area contributed by atoms with E-state index in [9.17, 15) is 18.0 Å². The number of hydrogen-bond donors (Lipinski definition) is 1. The van der Waals surface area contributed by atoms with E-state index < -0.39 is 16.1 Å². The molecule has 140 valence electrons. The van der Waals surface area contributed by atoms with E-state index in [1.165, 1.54) is 28.6 Å². The second-order valence-corrected chi connectivity index (χ2v) is 9.18. The Morgan fingerprint density at radius 1 is 1.00 bits per heavy atom. The molecule has 0 radical (unpaired) electrons. The third kappa shape index (κ3) is 3.29. The smallest absolute Gasteiger partial charge is 0.306 e. The van der Waals surface area contributed by atoms with Crippen molar-refractivity contribution in [3.05, 3.63) is 58.9 Å². The number of anilines is 1. The second kappa shape index (κ2) is 6.91. The van der Waals surface area contributed by atoms with Gasteiger partial charge >= 0.3 is 6.03 Å². The van der Waals surface area contributed by atoms with Crippen molar-refractivity contribution in [2.24, 2.45) is 0 Å². The molecule has 7 nitrogen and oxygen atoms in total. The average molecular weight is 403 g/mol. The lowest BCUT2D eigenvalue weighted by Gasteiger charge is -2.15. The Labute approximate surface area is 160 Å². The summed E-state index contributed by atoms with van der Waals surface area (Å²) in [7, 11) is -3.49. The zero-order chi connectivity index (χ0) is 19.0. The predicted molar refractivity (Wildman–Crippen MR) is 105 cm³/mol. The lowest BCUT2D eigenvalue weighted by atomic mass is 10.3. The van der Waals surface area contributed by atoms with Crippen molar-refractivity contribution >= 4 is 43.4 Å². The number of carbonyl (C=O) groups is 1. The molecule has 9 heteroatoms. The standard InChI is InChI=1S/C18H17N3O4S2/c22-17-15-5-1-2-6-16(15)26-21(17)18(23)19-13-7-9-14(10-8-13)27(24,25)20-11-3-4-12-20/h1-2,5-10H,3-4,11-12H2,(H,19,23). The van der Waals surface area contributed by atoms with Gasteiger partial charge in [0.05, 0.1) is 15.0 Å². The van der Waals surface area contributed by atoms with E-state index in [2.05, 4.69) is 5.32 Å². The molecule has 0 saturated carbocycles. The number of benzene rings is 2. The highest BCUT2D eigenvalue weighted by molar-refractivity contribution is 7.89. The first-order valence-corrected chi connectivity index (χ1v) is 10.7. The fourth-order valence-corrected chi connectivity index (χ4v) is 5.48. The maximum atomic E-state index is 12.5. The van der Waals surface area contributed by atoms with Crippen LogP contribution in [0.2, 0.25) is 0 Å². The number of rotatable bonds is 3. The van der Waals surface area contributed by atoms with Crippen molar-refractivity contribution < 1.29 is 13.2 Å². The summed E-state index contributed by atoms with van der Waals surface area (Å²) in [4.78, 5) is 24.9. The second-order valence-electron chi connectivity index (χ2n) is 6.25. The molecule has 1 aliphatic heterocycles. The molecule has 1 saturated heterocycles. The van der Waals surface area contributed by atoms with Crippen LogP contribution in [0.25, 0.3) is 10.1 Å². The van der Waals surface area contributed by atoms with Crippen molar-refractivity contribution in [1.29, 1.82) is 0 Å². The molecule has 1 aliphatic rings. The van der Waals surface area contributed by atoms with E-state index in [-0.39, 0.29) is 10.5 Å². The zero-order valence-electron chi connectivity index (χ0n) is 14.3. The fourth-order valence-electron chi connectivity index (χ4n) is 3.07. The van der Waals surface area contributed by atoms with Gasteiger partial charge < -0.3 is 5.32 Å². The highest BCUT2D eigenvalue weighted by atomic mass is 32.2. The van der Waals surface area contributed by atoms with Crippen LogP contribution in [0.1, 0.15) is 12.8 Å². The first-order chi connectivity index (χ1) is 13.0. The monoisotopic (exact) mass is 403 g/mol. The Hall–Kier alpha value is -2.49. The van der Waals surface area contributed by atoms with E-state index in [0.717, 1.165) is 33.0 Å². The summed E-state index contributed by atoms with van der Waals surface area (Å²) in [6.45, 7) is 1.07. The van der Waals surface area contributed by atoms with E-state index in [4.69, 9.17) is 0 Å². The minimum absolute atomic E-state index is 0.196. The van der Waals surface area contributed by atoms with Crippen molar-refractivity contribution in [2.75, 3.05) is 18.4 Å². The minimum atomic E-state index is -3.49. The fraction of sp³-hybridized carbons (Fsp3) is 0.222. The molecule has 0 atom stereocenters. The Morgan fingerprint density at radius 3 is 2.33 bits per heavy atom. The van der Waals surface area contributed by atoms with Gasteiger partial charge in [-0.2, -0.15) is 8.26 Å². The first-order valence-electron chi connectivity index (χ1n) is 8.49. The summed E-state index contributed by atoms with van der Waals surface area (Å²) >= 11 is 1.07. The Kier molecular flexibility index (Phi) is 4.58. The van der Waals surface area contributed by atoms with Gasteiger partial charge in [0.25, 0.3) is 5.56 Å². The van der Waals surface area contributed by atoms with Gasteiger partial charge in [-0.15, -0.1) is 0 Å². The number of carbonyl (C=O) groups excluding carboxylic acids is 1. The molecule has 1 aromatic heterocycles.